The fourth-order valence-corrected chi connectivity index (χ4v) is 3.09. The molecule has 0 atom stereocenters. The predicted molar refractivity (Wildman–Crippen MR) is 107 cm³/mol. The lowest BCUT2D eigenvalue weighted by Crippen LogP contribution is -2.07. The topological polar surface area (TPSA) is 89.1 Å². The summed E-state index contributed by atoms with van der Waals surface area (Å²) in [4.78, 5) is 13.1. The number of aromatic hydroxyl groups is 2. The maximum Gasteiger partial charge on any atom is 0.204 e. The van der Waals surface area contributed by atoms with E-state index in [1.54, 1.807) is 6.07 Å². The van der Waals surface area contributed by atoms with Gasteiger partial charge in [-0.1, -0.05) is 11.6 Å². The van der Waals surface area contributed by atoms with Crippen LogP contribution in [0.25, 0.3) is 22.1 Å². The summed E-state index contributed by atoms with van der Waals surface area (Å²) in [5.41, 5.74) is 2.54. The summed E-state index contributed by atoms with van der Waals surface area (Å²) in [5, 5.41) is 20.4. The van der Waals surface area contributed by atoms with Crippen molar-refractivity contribution in [3.63, 3.8) is 0 Å². The first-order valence-electron chi connectivity index (χ1n) is 8.71. The maximum absolute atomic E-state index is 13.1. The Labute approximate surface area is 162 Å². The third kappa shape index (κ3) is 3.53. The average Bonchev–Trinajstić information content (AvgIpc) is 2.65. The molecule has 0 saturated heterocycles. The van der Waals surface area contributed by atoms with Crippen molar-refractivity contribution in [2.24, 2.45) is 0 Å². The smallest absolute Gasteiger partial charge is 0.204 e. The number of rotatable bonds is 5. The van der Waals surface area contributed by atoms with Gasteiger partial charge in [0.1, 0.15) is 28.7 Å². The van der Waals surface area contributed by atoms with E-state index in [9.17, 15) is 15.0 Å². The molecule has 2 aromatic carbocycles. The molecule has 0 aliphatic heterocycles. The highest BCUT2D eigenvalue weighted by atomic mass is 16.5. The number of benzene rings is 2. The molecule has 0 saturated carbocycles. The Morgan fingerprint density at radius 1 is 1.11 bits per heavy atom. The van der Waals surface area contributed by atoms with Crippen LogP contribution < -0.4 is 14.9 Å². The molecule has 0 amide bonds. The Balaban J connectivity index is 2.25. The highest BCUT2D eigenvalue weighted by molar-refractivity contribution is 5.88. The Hall–Kier alpha value is -3.41. The highest BCUT2D eigenvalue weighted by Gasteiger charge is 2.18. The van der Waals surface area contributed by atoms with Crippen molar-refractivity contribution >= 4 is 11.0 Å². The first kappa shape index (κ1) is 19.4. The molecule has 6 heteroatoms. The second-order valence-electron chi connectivity index (χ2n) is 6.67. The molecule has 6 nitrogen and oxygen atoms in total. The molecule has 0 spiro atoms. The second-order valence-corrected chi connectivity index (χ2v) is 6.67. The molecule has 0 unspecified atom stereocenters. The largest absolute Gasteiger partial charge is 0.508 e. The second kappa shape index (κ2) is 7.68. The van der Waals surface area contributed by atoms with Crippen molar-refractivity contribution in [1.82, 2.24) is 0 Å². The summed E-state index contributed by atoms with van der Waals surface area (Å²) in [7, 11) is 2.90. The number of phenolic OH excluding ortho intramolecular Hbond substituents is 2. The van der Waals surface area contributed by atoms with E-state index in [0.29, 0.717) is 17.7 Å². The zero-order valence-corrected chi connectivity index (χ0v) is 16.2. The molecule has 146 valence electrons. The Morgan fingerprint density at radius 2 is 1.86 bits per heavy atom. The molecule has 3 rings (SSSR count). The normalized spacial score (nSPS) is 10.7. The van der Waals surface area contributed by atoms with Crippen molar-refractivity contribution < 1.29 is 24.1 Å². The van der Waals surface area contributed by atoms with E-state index in [2.05, 4.69) is 0 Å². The van der Waals surface area contributed by atoms with Gasteiger partial charge >= 0.3 is 0 Å². The number of hydrogen-bond donors (Lipinski definition) is 2. The van der Waals surface area contributed by atoms with Gasteiger partial charge in [-0.25, -0.2) is 0 Å². The van der Waals surface area contributed by atoms with Crippen LogP contribution in [0.2, 0.25) is 0 Å². The summed E-state index contributed by atoms with van der Waals surface area (Å²) in [6.07, 6.45) is 3.87. The number of methoxy groups -OCH3 is 2. The van der Waals surface area contributed by atoms with E-state index in [1.165, 1.54) is 38.7 Å². The fourth-order valence-electron chi connectivity index (χ4n) is 3.09. The summed E-state index contributed by atoms with van der Waals surface area (Å²) in [6, 6.07) is 5.97. The minimum absolute atomic E-state index is 0.0608. The van der Waals surface area contributed by atoms with E-state index < -0.39 is 0 Å². The van der Waals surface area contributed by atoms with Crippen LogP contribution in [0.4, 0.5) is 0 Å². The van der Waals surface area contributed by atoms with Crippen LogP contribution in [0, 0.1) is 0 Å². The molecule has 28 heavy (non-hydrogen) atoms. The van der Waals surface area contributed by atoms with E-state index in [4.69, 9.17) is 13.9 Å². The summed E-state index contributed by atoms with van der Waals surface area (Å²) >= 11 is 0. The van der Waals surface area contributed by atoms with Crippen LogP contribution >= 0.6 is 0 Å². The molecule has 2 N–H and O–H groups in total. The third-order valence-electron chi connectivity index (χ3n) is 4.44. The van der Waals surface area contributed by atoms with Crippen LogP contribution in [0.3, 0.4) is 0 Å². The summed E-state index contributed by atoms with van der Waals surface area (Å²) in [5.74, 6) is 0.461. The number of phenols is 2. The molecule has 1 aromatic heterocycles. The van der Waals surface area contributed by atoms with Crippen molar-refractivity contribution in [2.75, 3.05) is 14.2 Å². The van der Waals surface area contributed by atoms with Crippen LogP contribution in [0.5, 0.6) is 23.0 Å². The van der Waals surface area contributed by atoms with Crippen LogP contribution in [-0.2, 0) is 6.42 Å². The molecule has 3 aromatic rings. The molecule has 0 bridgehead atoms. The van der Waals surface area contributed by atoms with Gasteiger partial charge < -0.3 is 24.1 Å². The van der Waals surface area contributed by atoms with Crippen LogP contribution in [-0.4, -0.2) is 24.4 Å². The van der Waals surface area contributed by atoms with E-state index in [-0.39, 0.29) is 39.2 Å². The minimum atomic E-state index is -0.323. The lowest BCUT2D eigenvalue weighted by molar-refractivity contribution is 0.370. The lowest BCUT2D eigenvalue weighted by atomic mass is 9.99. The molecule has 0 aliphatic carbocycles. The molecule has 0 aliphatic rings. The van der Waals surface area contributed by atoms with Gasteiger partial charge in [0.2, 0.25) is 5.43 Å². The average molecular weight is 382 g/mol. The number of ether oxygens (including phenoxy) is 2. The first-order chi connectivity index (χ1) is 13.3. The zero-order chi connectivity index (χ0) is 20.4. The van der Waals surface area contributed by atoms with Gasteiger partial charge in [-0.05, 0) is 38.0 Å². The Morgan fingerprint density at radius 3 is 2.50 bits per heavy atom. The monoisotopic (exact) mass is 382 g/mol. The van der Waals surface area contributed by atoms with Gasteiger partial charge in [0.25, 0.3) is 0 Å². The summed E-state index contributed by atoms with van der Waals surface area (Å²) in [6.45, 7) is 3.96. The van der Waals surface area contributed by atoms with Crippen molar-refractivity contribution in [3.8, 4) is 34.1 Å². The lowest BCUT2D eigenvalue weighted by Gasteiger charge is -2.13. The Bertz CT molecular complexity index is 1120. The van der Waals surface area contributed by atoms with Crippen LogP contribution in [0.15, 0.2) is 51.4 Å². The third-order valence-corrected chi connectivity index (χ3v) is 4.44. The SMILES string of the molecule is COc1c(O)cc(-c2coc3cc(O)cc(OC)c3c2=O)cc1CC=C(C)C. The van der Waals surface area contributed by atoms with Crippen molar-refractivity contribution in [1.29, 1.82) is 0 Å². The number of allylic oxidation sites excluding steroid dienone is 2. The van der Waals surface area contributed by atoms with Crippen LogP contribution in [0.1, 0.15) is 19.4 Å². The van der Waals surface area contributed by atoms with Gasteiger partial charge in [0.15, 0.2) is 11.5 Å². The highest BCUT2D eigenvalue weighted by Crippen LogP contribution is 2.37. The molecular weight excluding hydrogens is 360 g/mol. The van der Waals surface area contributed by atoms with E-state index >= 15 is 0 Å². The van der Waals surface area contributed by atoms with Gasteiger partial charge in [-0.2, -0.15) is 0 Å². The molecule has 1 heterocycles. The van der Waals surface area contributed by atoms with E-state index in [0.717, 1.165) is 11.1 Å². The number of hydrogen-bond acceptors (Lipinski definition) is 6. The number of fused-ring (bicyclic) bond motifs is 1. The maximum atomic E-state index is 13.1. The van der Waals surface area contributed by atoms with E-state index in [1.807, 2.05) is 19.9 Å². The van der Waals surface area contributed by atoms with Gasteiger partial charge in [0, 0.05) is 17.7 Å². The standard InChI is InChI=1S/C22H22O6/c1-12(2)5-6-13-7-14(8-17(24)22(13)27-4)16-11-28-19-10-15(23)9-18(26-3)20(19)21(16)25/h5,7-11,23-24H,6H2,1-4H3. The van der Waals surface area contributed by atoms with Crippen molar-refractivity contribution in [2.45, 2.75) is 20.3 Å². The fraction of sp³-hybridized carbons (Fsp3) is 0.227. The van der Waals surface area contributed by atoms with Gasteiger partial charge in [-0.15, -0.1) is 0 Å². The predicted octanol–water partition coefficient (Wildman–Crippen LogP) is 4.40. The first-order valence-corrected chi connectivity index (χ1v) is 8.71. The van der Waals surface area contributed by atoms with Gasteiger partial charge in [-0.3, -0.25) is 4.79 Å². The molecule has 0 fully saturated rings. The summed E-state index contributed by atoms with van der Waals surface area (Å²) < 4.78 is 16.1. The quantitative estimate of drug-likeness (QED) is 0.636. The molecular formula is C22H22O6. The minimum Gasteiger partial charge on any atom is -0.508 e. The molecule has 0 radical (unpaired) electrons. The zero-order valence-electron chi connectivity index (χ0n) is 16.2. The Kier molecular flexibility index (Phi) is 5.31. The van der Waals surface area contributed by atoms with Crippen molar-refractivity contribution in [3.05, 3.63) is 58.0 Å². The van der Waals surface area contributed by atoms with Gasteiger partial charge in [0.05, 0.1) is 19.8 Å².